The smallest absolute Gasteiger partial charge is 0.251 e. The van der Waals surface area contributed by atoms with Crippen LogP contribution in [0.25, 0.3) is 0 Å². The molecule has 0 aliphatic carbocycles. The Hall–Kier alpha value is -3.35. The summed E-state index contributed by atoms with van der Waals surface area (Å²) in [5.74, 6) is 0.452. The molecule has 2 amide bonds. The highest BCUT2D eigenvalue weighted by molar-refractivity contribution is 5.98. The van der Waals surface area contributed by atoms with E-state index in [1.165, 1.54) is 33.0 Å². The van der Waals surface area contributed by atoms with Crippen LogP contribution in [0, 0.1) is 0 Å². The number of nitrogens with zero attached hydrogens (tertiary/aromatic N) is 1. The molecule has 2 aromatic rings. The van der Waals surface area contributed by atoms with Gasteiger partial charge in [0.25, 0.3) is 5.91 Å². The zero-order valence-electron chi connectivity index (χ0n) is 16.4. The highest BCUT2D eigenvalue weighted by atomic mass is 16.5. The van der Waals surface area contributed by atoms with Crippen LogP contribution in [0.5, 0.6) is 11.5 Å². The number of hydrogen-bond donors (Lipinski definition) is 1. The molecule has 0 saturated heterocycles. The van der Waals surface area contributed by atoms with Gasteiger partial charge in [0.05, 0.1) is 14.2 Å². The number of hydrogen-bond acceptors (Lipinski definition) is 5. The van der Waals surface area contributed by atoms with E-state index in [2.05, 4.69) is 5.32 Å². The molecule has 1 N–H and O–H groups in total. The minimum Gasteiger partial charge on any atom is -0.497 e. The van der Waals surface area contributed by atoms with E-state index in [0.717, 1.165) is 0 Å². The SMILES string of the molecule is COc1cc(OC)cc(C(=O)NCCN(C(C)=O)c2cccc(C(C)=O)c2)c1. The lowest BCUT2D eigenvalue weighted by molar-refractivity contribution is -0.116. The third-order valence-corrected chi connectivity index (χ3v) is 4.18. The highest BCUT2D eigenvalue weighted by Crippen LogP contribution is 2.22. The summed E-state index contributed by atoms with van der Waals surface area (Å²) in [6.45, 7) is 3.42. The average Bonchev–Trinajstić information content (AvgIpc) is 2.70. The number of amides is 2. The van der Waals surface area contributed by atoms with Crippen molar-refractivity contribution >= 4 is 23.3 Å². The third-order valence-electron chi connectivity index (χ3n) is 4.18. The van der Waals surface area contributed by atoms with Crippen LogP contribution >= 0.6 is 0 Å². The van der Waals surface area contributed by atoms with Gasteiger partial charge in [0.2, 0.25) is 5.91 Å². The molecule has 2 rings (SSSR count). The minimum atomic E-state index is -0.307. The van der Waals surface area contributed by atoms with Crippen molar-refractivity contribution in [2.45, 2.75) is 13.8 Å². The van der Waals surface area contributed by atoms with Gasteiger partial charge >= 0.3 is 0 Å². The zero-order chi connectivity index (χ0) is 20.7. The normalized spacial score (nSPS) is 10.1. The van der Waals surface area contributed by atoms with Gasteiger partial charge in [-0.1, -0.05) is 12.1 Å². The number of nitrogens with one attached hydrogen (secondary N) is 1. The van der Waals surface area contributed by atoms with Crippen molar-refractivity contribution in [2.75, 3.05) is 32.2 Å². The Labute approximate surface area is 164 Å². The maximum atomic E-state index is 12.4. The van der Waals surface area contributed by atoms with Crippen LogP contribution in [0.15, 0.2) is 42.5 Å². The molecule has 0 atom stereocenters. The summed E-state index contributed by atoms with van der Waals surface area (Å²) in [7, 11) is 3.02. The summed E-state index contributed by atoms with van der Waals surface area (Å²) in [4.78, 5) is 37.6. The van der Waals surface area contributed by atoms with Gasteiger partial charge in [0, 0.05) is 42.9 Å². The van der Waals surface area contributed by atoms with Crippen LogP contribution in [-0.2, 0) is 4.79 Å². The number of ketones is 1. The quantitative estimate of drug-likeness (QED) is 0.708. The maximum absolute atomic E-state index is 12.4. The van der Waals surface area contributed by atoms with Crippen LogP contribution < -0.4 is 19.7 Å². The number of benzene rings is 2. The lowest BCUT2D eigenvalue weighted by Gasteiger charge is -2.22. The van der Waals surface area contributed by atoms with Gasteiger partial charge < -0.3 is 19.7 Å². The molecule has 28 heavy (non-hydrogen) atoms. The maximum Gasteiger partial charge on any atom is 0.251 e. The second kappa shape index (κ2) is 9.55. The number of ether oxygens (including phenoxy) is 2. The van der Waals surface area contributed by atoms with Crippen molar-refractivity contribution in [1.82, 2.24) is 5.32 Å². The van der Waals surface area contributed by atoms with Gasteiger partial charge in [-0.3, -0.25) is 14.4 Å². The first-order chi connectivity index (χ1) is 13.3. The van der Waals surface area contributed by atoms with Gasteiger partial charge in [0.15, 0.2) is 5.78 Å². The summed E-state index contributed by atoms with van der Waals surface area (Å²) in [6, 6.07) is 11.7. The summed E-state index contributed by atoms with van der Waals surface area (Å²) in [5, 5.41) is 2.78. The molecule has 148 valence electrons. The number of anilines is 1. The Morgan fingerprint density at radius 3 is 2.11 bits per heavy atom. The van der Waals surface area contributed by atoms with Crippen molar-refractivity contribution < 1.29 is 23.9 Å². The van der Waals surface area contributed by atoms with E-state index in [4.69, 9.17) is 9.47 Å². The van der Waals surface area contributed by atoms with Crippen molar-refractivity contribution in [3.05, 3.63) is 53.6 Å². The molecule has 7 nitrogen and oxygen atoms in total. The number of methoxy groups -OCH3 is 2. The van der Waals surface area contributed by atoms with Crippen LogP contribution in [0.2, 0.25) is 0 Å². The Balaban J connectivity index is 2.07. The minimum absolute atomic E-state index is 0.0781. The van der Waals surface area contributed by atoms with E-state index < -0.39 is 0 Å². The van der Waals surface area contributed by atoms with Crippen LogP contribution in [-0.4, -0.2) is 44.9 Å². The van der Waals surface area contributed by atoms with E-state index in [9.17, 15) is 14.4 Å². The monoisotopic (exact) mass is 384 g/mol. The molecule has 0 heterocycles. The molecule has 0 aliphatic rings. The fourth-order valence-corrected chi connectivity index (χ4v) is 2.68. The summed E-state index contributed by atoms with van der Waals surface area (Å²) in [5.41, 5.74) is 1.53. The van der Waals surface area contributed by atoms with Crippen LogP contribution in [0.3, 0.4) is 0 Å². The Bertz CT molecular complexity index is 857. The predicted octanol–water partition coefficient (Wildman–Crippen LogP) is 2.69. The second-order valence-electron chi connectivity index (χ2n) is 6.13. The molecule has 0 aromatic heterocycles. The number of carbonyl (C=O) groups is 3. The summed E-state index contributed by atoms with van der Waals surface area (Å²) < 4.78 is 10.3. The number of carbonyl (C=O) groups excluding carboxylic acids is 3. The molecule has 0 bridgehead atoms. The zero-order valence-corrected chi connectivity index (χ0v) is 16.4. The molecule has 0 spiro atoms. The van der Waals surface area contributed by atoms with Crippen molar-refractivity contribution in [1.29, 1.82) is 0 Å². The molecule has 0 unspecified atom stereocenters. The summed E-state index contributed by atoms with van der Waals surface area (Å²) in [6.07, 6.45) is 0. The van der Waals surface area contributed by atoms with Gasteiger partial charge in [-0.15, -0.1) is 0 Å². The van der Waals surface area contributed by atoms with Gasteiger partial charge in [-0.05, 0) is 31.2 Å². The molecule has 0 aliphatic heterocycles. The first-order valence-corrected chi connectivity index (χ1v) is 8.76. The first-order valence-electron chi connectivity index (χ1n) is 8.76. The van der Waals surface area contributed by atoms with Crippen molar-refractivity contribution in [3.8, 4) is 11.5 Å². The van der Waals surface area contributed by atoms with Gasteiger partial charge in [-0.25, -0.2) is 0 Å². The Morgan fingerprint density at radius 2 is 1.57 bits per heavy atom. The van der Waals surface area contributed by atoms with Crippen molar-refractivity contribution in [3.63, 3.8) is 0 Å². The van der Waals surface area contributed by atoms with E-state index in [0.29, 0.717) is 28.3 Å². The Kier molecular flexibility index (Phi) is 7.14. The fraction of sp³-hybridized carbons (Fsp3) is 0.286. The van der Waals surface area contributed by atoms with Gasteiger partial charge in [0.1, 0.15) is 11.5 Å². The van der Waals surface area contributed by atoms with Crippen molar-refractivity contribution in [2.24, 2.45) is 0 Å². The van der Waals surface area contributed by atoms with E-state index in [1.807, 2.05) is 0 Å². The lowest BCUT2D eigenvalue weighted by Crippen LogP contribution is -2.37. The van der Waals surface area contributed by atoms with E-state index in [-0.39, 0.29) is 30.7 Å². The van der Waals surface area contributed by atoms with Gasteiger partial charge in [-0.2, -0.15) is 0 Å². The van der Waals surface area contributed by atoms with Crippen LogP contribution in [0.4, 0.5) is 5.69 Å². The molecule has 2 aromatic carbocycles. The first kappa shape index (κ1) is 21.0. The predicted molar refractivity (Wildman–Crippen MR) is 106 cm³/mol. The molecule has 0 radical (unpaired) electrons. The number of Topliss-reactive ketones (excluding diaryl/α,β-unsaturated/α-hetero) is 1. The number of rotatable bonds is 8. The average molecular weight is 384 g/mol. The molecular weight excluding hydrogens is 360 g/mol. The molecular formula is C21H24N2O5. The fourth-order valence-electron chi connectivity index (χ4n) is 2.68. The second-order valence-corrected chi connectivity index (χ2v) is 6.13. The van der Waals surface area contributed by atoms with Crippen LogP contribution in [0.1, 0.15) is 34.6 Å². The molecule has 7 heteroatoms. The summed E-state index contributed by atoms with van der Waals surface area (Å²) >= 11 is 0. The standard InChI is InChI=1S/C21H24N2O5/c1-14(24)16-6-5-7-18(10-16)23(15(2)25)9-8-22-21(26)17-11-19(27-3)13-20(12-17)28-4/h5-7,10-13H,8-9H2,1-4H3,(H,22,26). The lowest BCUT2D eigenvalue weighted by atomic mass is 10.1. The van der Waals surface area contributed by atoms with E-state index >= 15 is 0 Å². The molecule has 0 fully saturated rings. The highest BCUT2D eigenvalue weighted by Gasteiger charge is 2.14. The Morgan fingerprint density at radius 1 is 0.929 bits per heavy atom. The molecule has 0 saturated carbocycles. The largest absolute Gasteiger partial charge is 0.497 e. The van der Waals surface area contributed by atoms with E-state index in [1.54, 1.807) is 42.5 Å². The topological polar surface area (TPSA) is 84.9 Å². The third kappa shape index (κ3) is 5.33.